The molecule has 0 saturated carbocycles. The van der Waals surface area contributed by atoms with Gasteiger partial charge in [0.15, 0.2) is 5.82 Å². The number of nitrogens with zero attached hydrogens (tertiary/aromatic N) is 2. The molecule has 0 aromatic carbocycles. The summed E-state index contributed by atoms with van der Waals surface area (Å²) in [6.07, 6.45) is 1.72. The summed E-state index contributed by atoms with van der Waals surface area (Å²) in [5.74, 6) is 0.975. The number of aryl methyl sites for hydroxylation is 1. The van der Waals surface area contributed by atoms with E-state index in [1.54, 1.807) is 19.2 Å². The number of hydrogen-bond donors (Lipinski definition) is 1. The second kappa shape index (κ2) is 6.14. The standard InChI is InChI=1S/C13H14IN3O2/c1-3-5-8-11(14)13(18)17-12(16-8)9-6-4-7-10(15-9)19-2/h4,6-7H,3,5H2,1-2H3,(H,16,17,18). The molecule has 2 aromatic heterocycles. The lowest BCUT2D eigenvalue weighted by atomic mass is 10.2. The van der Waals surface area contributed by atoms with E-state index in [9.17, 15) is 4.79 Å². The molecule has 0 saturated heterocycles. The maximum absolute atomic E-state index is 11.9. The molecule has 19 heavy (non-hydrogen) atoms. The second-order valence-corrected chi connectivity index (χ2v) is 5.07. The highest BCUT2D eigenvalue weighted by molar-refractivity contribution is 14.1. The molecule has 2 heterocycles. The maximum Gasteiger partial charge on any atom is 0.264 e. The Balaban J connectivity index is 2.52. The molecule has 0 aliphatic heterocycles. The summed E-state index contributed by atoms with van der Waals surface area (Å²) in [5.41, 5.74) is 1.29. The number of methoxy groups -OCH3 is 1. The third-order valence-electron chi connectivity index (χ3n) is 2.59. The van der Waals surface area contributed by atoms with Gasteiger partial charge in [0.2, 0.25) is 5.88 Å². The first kappa shape index (κ1) is 14.0. The van der Waals surface area contributed by atoms with Crippen molar-refractivity contribution in [2.45, 2.75) is 19.8 Å². The van der Waals surface area contributed by atoms with Gasteiger partial charge in [-0.05, 0) is 35.1 Å². The Kier molecular flexibility index (Phi) is 4.52. The second-order valence-electron chi connectivity index (χ2n) is 3.99. The van der Waals surface area contributed by atoms with E-state index >= 15 is 0 Å². The number of aromatic amines is 1. The van der Waals surface area contributed by atoms with Crippen LogP contribution >= 0.6 is 22.6 Å². The van der Waals surface area contributed by atoms with Crippen molar-refractivity contribution < 1.29 is 4.74 Å². The molecule has 6 heteroatoms. The molecule has 0 spiro atoms. The lowest BCUT2D eigenvalue weighted by Gasteiger charge is -2.06. The predicted octanol–water partition coefficient (Wildman–Crippen LogP) is 2.40. The Bertz CT molecular complexity index is 640. The summed E-state index contributed by atoms with van der Waals surface area (Å²) in [4.78, 5) is 23.4. The quantitative estimate of drug-likeness (QED) is 0.839. The molecule has 0 fully saturated rings. The van der Waals surface area contributed by atoms with E-state index in [1.165, 1.54) is 0 Å². The number of aromatic nitrogens is 3. The molecule has 2 aromatic rings. The molecule has 0 amide bonds. The summed E-state index contributed by atoms with van der Waals surface area (Å²) in [5, 5.41) is 0. The average molecular weight is 371 g/mol. The van der Waals surface area contributed by atoms with E-state index < -0.39 is 0 Å². The van der Waals surface area contributed by atoms with Crippen LogP contribution in [0.3, 0.4) is 0 Å². The number of ether oxygens (including phenoxy) is 1. The van der Waals surface area contributed by atoms with E-state index in [0.717, 1.165) is 18.5 Å². The Labute approximate surface area is 124 Å². The van der Waals surface area contributed by atoms with Crippen LogP contribution in [0.4, 0.5) is 0 Å². The minimum absolute atomic E-state index is 0.126. The molecule has 0 radical (unpaired) electrons. The number of H-pyrrole nitrogens is 1. The smallest absolute Gasteiger partial charge is 0.264 e. The third-order valence-corrected chi connectivity index (χ3v) is 3.71. The van der Waals surface area contributed by atoms with Gasteiger partial charge in [-0.25, -0.2) is 9.97 Å². The average Bonchev–Trinajstić information content (AvgIpc) is 2.44. The summed E-state index contributed by atoms with van der Waals surface area (Å²) >= 11 is 2.03. The molecule has 2 rings (SSSR count). The number of halogens is 1. The van der Waals surface area contributed by atoms with Crippen LogP contribution in [0, 0.1) is 3.57 Å². The lowest BCUT2D eigenvalue weighted by molar-refractivity contribution is 0.398. The van der Waals surface area contributed by atoms with E-state index in [4.69, 9.17) is 4.74 Å². The van der Waals surface area contributed by atoms with Crippen LogP contribution in [-0.2, 0) is 6.42 Å². The van der Waals surface area contributed by atoms with Crippen LogP contribution in [0.1, 0.15) is 19.0 Å². The largest absolute Gasteiger partial charge is 0.481 e. The van der Waals surface area contributed by atoms with E-state index in [-0.39, 0.29) is 5.56 Å². The van der Waals surface area contributed by atoms with Crippen LogP contribution in [0.2, 0.25) is 0 Å². The first-order valence-corrected chi connectivity index (χ1v) is 7.03. The highest BCUT2D eigenvalue weighted by Crippen LogP contribution is 2.17. The Morgan fingerprint density at radius 2 is 2.16 bits per heavy atom. The van der Waals surface area contributed by atoms with Gasteiger partial charge >= 0.3 is 0 Å². The number of rotatable bonds is 4. The molecule has 0 atom stereocenters. The molecule has 100 valence electrons. The van der Waals surface area contributed by atoms with Gasteiger partial charge in [-0.2, -0.15) is 0 Å². The zero-order valence-electron chi connectivity index (χ0n) is 10.7. The van der Waals surface area contributed by atoms with Gasteiger partial charge in [-0.15, -0.1) is 0 Å². The van der Waals surface area contributed by atoms with Crippen LogP contribution < -0.4 is 10.3 Å². The topological polar surface area (TPSA) is 67.9 Å². The van der Waals surface area contributed by atoms with E-state index in [0.29, 0.717) is 21.0 Å². The van der Waals surface area contributed by atoms with Crippen LogP contribution in [0.15, 0.2) is 23.0 Å². The minimum atomic E-state index is -0.126. The van der Waals surface area contributed by atoms with Crippen molar-refractivity contribution in [2.24, 2.45) is 0 Å². The molecule has 5 nitrogen and oxygen atoms in total. The first-order valence-electron chi connectivity index (χ1n) is 5.95. The molecule has 0 aliphatic rings. The Morgan fingerprint density at radius 1 is 1.37 bits per heavy atom. The van der Waals surface area contributed by atoms with Crippen molar-refractivity contribution in [3.63, 3.8) is 0 Å². The fourth-order valence-corrected chi connectivity index (χ4v) is 2.21. The van der Waals surface area contributed by atoms with Gasteiger partial charge in [0.25, 0.3) is 5.56 Å². The Hall–Kier alpha value is -1.44. The van der Waals surface area contributed by atoms with Crippen LogP contribution in [0.5, 0.6) is 5.88 Å². The zero-order chi connectivity index (χ0) is 13.8. The SMILES string of the molecule is CCCc1nc(-c2cccc(OC)n2)[nH]c(=O)c1I. The fraction of sp³-hybridized carbons (Fsp3) is 0.308. The van der Waals surface area contributed by atoms with Crippen molar-refractivity contribution in [3.05, 3.63) is 37.8 Å². The summed E-state index contributed by atoms with van der Waals surface area (Å²) in [7, 11) is 1.55. The van der Waals surface area contributed by atoms with Gasteiger partial charge in [-0.1, -0.05) is 19.4 Å². The number of hydrogen-bond acceptors (Lipinski definition) is 4. The van der Waals surface area contributed by atoms with Gasteiger partial charge in [0, 0.05) is 6.07 Å². The third kappa shape index (κ3) is 3.12. The summed E-state index contributed by atoms with van der Waals surface area (Å²) in [6, 6.07) is 5.36. The maximum atomic E-state index is 11.9. The molecule has 0 bridgehead atoms. The molecular weight excluding hydrogens is 357 g/mol. The normalized spacial score (nSPS) is 10.5. The van der Waals surface area contributed by atoms with Gasteiger partial charge < -0.3 is 9.72 Å². The van der Waals surface area contributed by atoms with Crippen LogP contribution in [0.25, 0.3) is 11.5 Å². The van der Waals surface area contributed by atoms with E-state index in [1.807, 2.05) is 28.7 Å². The van der Waals surface area contributed by atoms with Crippen LogP contribution in [-0.4, -0.2) is 22.1 Å². The molecule has 0 unspecified atom stereocenters. The van der Waals surface area contributed by atoms with Gasteiger partial charge in [0.1, 0.15) is 5.69 Å². The highest BCUT2D eigenvalue weighted by atomic mass is 127. The van der Waals surface area contributed by atoms with Crippen molar-refractivity contribution in [1.82, 2.24) is 15.0 Å². The molecular formula is C13H14IN3O2. The van der Waals surface area contributed by atoms with Gasteiger partial charge in [-0.3, -0.25) is 4.79 Å². The fourth-order valence-electron chi connectivity index (χ4n) is 1.69. The minimum Gasteiger partial charge on any atom is -0.481 e. The monoisotopic (exact) mass is 371 g/mol. The Morgan fingerprint density at radius 3 is 2.84 bits per heavy atom. The van der Waals surface area contributed by atoms with E-state index in [2.05, 4.69) is 21.9 Å². The van der Waals surface area contributed by atoms with Crippen molar-refractivity contribution in [2.75, 3.05) is 7.11 Å². The number of pyridine rings is 1. The zero-order valence-corrected chi connectivity index (χ0v) is 12.9. The van der Waals surface area contributed by atoms with Gasteiger partial charge in [0.05, 0.1) is 16.4 Å². The summed E-state index contributed by atoms with van der Waals surface area (Å²) in [6.45, 7) is 2.06. The number of nitrogens with one attached hydrogen (secondary N) is 1. The summed E-state index contributed by atoms with van der Waals surface area (Å²) < 4.78 is 5.72. The predicted molar refractivity (Wildman–Crippen MR) is 81.4 cm³/mol. The highest BCUT2D eigenvalue weighted by Gasteiger charge is 2.11. The van der Waals surface area contributed by atoms with Crippen molar-refractivity contribution in [3.8, 4) is 17.4 Å². The van der Waals surface area contributed by atoms with Crippen molar-refractivity contribution in [1.29, 1.82) is 0 Å². The molecule has 0 aliphatic carbocycles. The molecule has 1 N–H and O–H groups in total. The lowest BCUT2D eigenvalue weighted by Crippen LogP contribution is -2.16. The van der Waals surface area contributed by atoms with Crippen molar-refractivity contribution >= 4 is 22.6 Å². The first-order chi connectivity index (χ1) is 9.15.